The zero-order valence-electron chi connectivity index (χ0n) is 12.4. The molecule has 2 aromatic heterocycles. The van der Waals surface area contributed by atoms with Gasteiger partial charge < -0.3 is 5.11 Å². The molecule has 3 N–H and O–H groups in total. The summed E-state index contributed by atoms with van der Waals surface area (Å²) in [5.74, 6) is -0.238. The number of phenols is 1. The summed E-state index contributed by atoms with van der Waals surface area (Å²) in [6, 6.07) is 8.40. The van der Waals surface area contributed by atoms with Crippen molar-refractivity contribution in [2.24, 2.45) is 0 Å². The molecule has 3 aromatic rings. The third-order valence-corrected chi connectivity index (χ3v) is 4.05. The number of benzene rings is 1. The Morgan fingerprint density at radius 2 is 2.17 bits per heavy atom. The molecule has 0 spiro atoms. The molecular weight excluding hydrogens is 314 g/mol. The summed E-state index contributed by atoms with van der Waals surface area (Å²) in [7, 11) is 0. The predicted octanol–water partition coefficient (Wildman–Crippen LogP) is 2.84. The van der Waals surface area contributed by atoms with E-state index in [9.17, 15) is 9.90 Å². The number of hydrogen-bond donors (Lipinski definition) is 3. The molecule has 0 saturated carbocycles. The summed E-state index contributed by atoms with van der Waals surface area (Å²) in [5, 5.41) is 28.6. The van der Waals surface area contributed by atoms with Crippen LogP contribution in [0.5, 0.6) is 5.75 Å². The van der Waals surface area contributed by atoms with Crippen molar-refractivity contribution >= 4 is 22.4 Å². The number of nitrogens with one attached hydrogen (secondary N) is 2. The Bertz CT molecular complexity index is 827. The Labute approximate surface area is 136 Å². The quantitative estimate of drug-likeness (QED) is 0.668. The summed E-state index contributed by atoms with van der Waals surface area (Å²) in [4.78, 5) is 12.2. The minimum Gasteiger partial charge on any atom is -0.507 e. The van der Waals surface area contributed by atoms with E-state index in [2.05, 4.69) is 32.6 Å². The molecule has 8 heteroatoms. The van der Waals surface area contributed by atoms with Gasteiger partial charge >= 0.3 is 0 Å². The standard InChI is InChI=1S/C15H15N5O2S/c1-2-5-13-19-20-15(23-13)16-14(22)11-8-10(17-18-11)9-6-3-4-7-12(9)21/h3-4,6-8,21H,2,5H2,1H3,(H,17,18)(H,16,20,22). The molecule has 0 fully saturated rings. The maximum Gasteiger partial charge on any atom is 0.275 e. The Morgan fingerprint density at radius 3 is 2.96 bits per heavy atom. The van der Waals surface area contributed by atoms with Crippen molar-refractivity contribution in [2.75, 3.05) is 5.32 Å². The van der Waals surface area contributed by atoms with Gasteiger partial charge in [0.25, 0.3) is 5.91 Å². The minimum absolute atomic E-state index is 0.110. The number of rotatable bonds is 5. The molecule has 0 atom stereocenters. The second-order valence-electron chi connectivity index (χ2n) is 4.89. The van der Waals surface area contributed by atoms with E-state index in [1.165, 1.54) is 11.3 Å². The first-order valence-electron chi connectivity index (χ1n) is 7.15. The Kier molecular flexibility index (Phi) is 4.33. The monoisotopic (exact) mass is 329 g/mol. The molecule has 1 aromatic carbocycles. The number of phenolic OH excluding ortho intramolecular Hbond substituents is 1. The summed E-state index contributed by atoms with van der Waals surface area (Å²) in [6.45, 7) is 2.06. The van der Waals surface area contributed by atoms with Gasteiger partial charge in [0.05, 0.1) is 5.69 Å². The number of aromatic amines is 1. The number of carbonyl (C=O) groups excluding carboxylic acids is 1. The van der Waals surface area contributed by atoms with Crippen molar-refractivity contribution in [3.8, 4) is 17.0 Å². The van der Waals surface area contributed by atoms with E-state index in [0.717, 1.165) is 17.8 Å². The maximum absolute atomic E-state index is 12.2. The van der Waals surface area contributed by atoms with Crippen molar-refractivity contribution in [1.82, 2.24) is 20.4 Å². The van der Waals surface area contributed by atoms with Crippen LogP contribution in [0.25, 0.3) is 11.3 Å². The van der Waals surface area contributed by atoms with Gasteiger partial charge in [0, 0.05) is 12.0 Å². The number of carbonyl (C=O) groups is 1. The number of amides is 1. The number of hydrogen-bond acceptors (Lipinski definition) is 6. The van der Waals surface area contributed by atoms with Gasteiger partial charge in [-0.05, 0) is 24.6 Å². The number of aryl methyl sites for hydroxylation is 1. The second-order valence-corrected chi connectivity index (χ2v) is 5.95. The zero-order chi connectivity index (χ0) is 16.2. The topological polar surface area (TPSA) is 104 Å². The first kappa shape index (κ1) is 15.2. The second kappa shape index (κ2) is 6.57. The van der Waals surface area contributed by atoms with Gasteiger partial charge in [0.15, 0.2) is 0 Å². The highest BCUT2D eigenvalue weighted by atomic mass is 32.1. The molecule has 23 heavy (non-hydrogen) atoms. The summed E-state index contributed by atoms with van der Waals surface area (Å²) in [6.07, 6.45) is 1.82. The fourth-order valence-electron chi connectivity index (χ4n) is 2.05. The van der Waals surface area contributed by atoms with Crippen LogP contribution >= 0.6 is 11.3 Å². The van der Waals surface area contributed by atoms with Crippen molar-refractivity contribution in [2.45, 2.75) is 19.8 Å². The lowest BCUT2D eigenvalue weighted by molar-refractivity contribution is 0.102. The molecule has 0 bridgehead atoms. The lowest BCUT2D eigenvalue weighted by Gasteiger charge is -1.98. The van der Waals surface area contributed by atoms with Crippen LogP contribution in [0.1, 0.15) is 28.8 Å². The van der Waals surface area contributed by atoms with E-state index in [0.29, 0.717) is 16.4 Å². The van der Waals surface area contributed by atoms with Crippen molar-refractivity contribution in [1.29, 1.82) is 0 Å². The van der Waals surface area contributed by atoms with Gasteiger partial charge in [0.1, 0.15) is 16.5 Å². The van der Waals surface area contributed by atoms with Gasteiger partial charge in [-0.15, -0.1) is 10.2 Å². The predicted molar refractivity (Wildman–Crippen MR) is 87.5 cm³/mol. The zero-order valence-corrected chi connectivity index (χ0v) is 13.2. The summed E-state index contributed by atoms with van der Waals surface area (Å²) < 4.78 is 0. The highest BCUT2D eigenvalue weighted by Gasteiger charge is 2.15. The lowest BCUT2D eigenvalue weighted by Crippen LogP contribution is -2.12. The normalized spacial score (nSPS) is 10.7. The number of nitrogens with zero attached hydrogens (tertiary/aromatic N) is 3. The van der Waals surface area contributed by atoms with Gasteiger partial charge in [-0.2, -0.15) is 5.10 Å². The molecule has 0 aliphatic carbocycles. The highest BCUT2D eigenvalue weighted by Crippen LogP contribution is 2.27. The van der Waals surface area contributed by atoms with Crippen LogP contribution in [0, 0.1) is 0 Å². The van der Waals surface area contributed by atoms with Crippen LogP contribution in [-0.2, 0) is 6.42 Å². The van der Waals surface area contributed by atoms with Crippen molar-refractivity contribution in [3.63, 3.8) is 0 Å². The van der Waals surface area contributed by atoms with E-state index in [4.69, 9.17) is 0 Å². The van der Waals surface area contributed by atoms with Crippen LogP contribution in [0.15, 0.2) is 30.3 Å². The van der Waals surface area contributed by atoms with Crippen LogP contribution in [0.2, 0.25) is 0 Å². The van der Waals surface area contributed by atoms with E-state index in [1.54, 1.807) is 30.3 Å². The van der Waals surface area contributed by atoms with Gasteiger partial charge in [-0.1, -0.05) is 30.4 Å². The molecule has 0 radical (unpaired) electrons. The Morgan fingerprint density at radius 1 is 1.35 bits per heavy atom. The Hall–Kier alpha value is -2.74. The van der Waals surface area contributed by atoms with E-state index in [-0.39, 0.29) is 17.4 Å². The van der Waals surface area contributed by atoms with E-state index < -0.39 is 0 Å². The molecule has 0 unspecified atom stereocenters. The fourth-order valence-corrected chi connectivity index (χ4v) is 2.89. The molecule has 0 saturated heterocycles. The minimum atomic E-state index is -0.349. The van der Waals surface area contributed by atoms with Crippen LogP contribution in [-0.4, -0.2) is 31.4 Å². The summed E-state index contributed by atoms with van der Waals surface area (Å²) in [5.41, 5.74) is 1.34. The third kappa shape index (κ3) is 3.37. The maximum atomic E-state index is 12.2. The number of H-pyrrole nitrogens is 1. The van der Waals surface area contributed by atoms with Crippen molar-refractivity contribution in [3.05, 3.63) is 41.0 Å². The smallest absolute Gasteiger partial charge is 0.275 e. The third-order valence-electron chi connectivity index (χ3n) is 3.15. The molecule has 1 amide bonds. The summed E-state index contributed by atoms with van der Waals surface area (Å²) >= 11 is 1.36. The number of para-hydroxylation sites is 1. The van der Waals surface area contributed by atoms with Crippen LogP contribution in [0.4, 0.5) is 5.13 Å². The largest absolute Gasteiger partial charge is 0.507 e. The molecule has 118 valence electrons. The SMILES string of the molecule is CCCc1nnc(NC(=O)c2cc(-c3ccccc3O)n[nH]2)s1. The highest BCUT2D eigenvalue weighted by molar-refractivity contribution is 7.15. The van der Waals surface area contributed by atoms with Crippen molar-refractivity contribution < 1.29 is 9.90 Å². The average Bonchev–Trinajstić information content (AvgIpc) is 3.18. The fraction of sp³-hybridized carbons (Fsp3) is 0.200. The molecule has 0 aliphatic heterocycles. The van der Waals surface area contributed by atoms with Crippen LogP contribution < -0.4 is 5.32 Å². The van der Waals surface area contributed by atoms with E-state index >= 15 is 0 Å². The lowest BCUT2D eigenvalue weighted by atomic mass is 10.1. The Balaban J connectivity index is 1.74. The van der Waals surface area contributed by atoms with Crippen LogP contribution in [0.3, 0.4) is 0 Å². The number of aromatic nitrogens is 4. The van der Waals surface area contributed by atoms with E-state index in [1.807, 2.05) is 0 Å². The molecular formula is C15H15N5O2S. The van der Waals surface area contributed by atoms with Gasteiger partial charge in [-0.3, -0.25) is 15.2 Å². The average molecular weight is 329 g/mol. The molecule has 2 heterocycles. The first-order valence-corrected chi connectivity index (χ1v) is 7.96. The molecule has 0 aliphatic rings. The molecule has 3 rings (SSSR count). The first-order chi connectivity index (χ1) is 11.2. The number of anilines is 1. The van der Waals surface area contributed by atoms with Gasteiger partial charge in [-0.25, -0.2) is 0 Å². The molecule has 7 nitrogen and oxygen atoms in total. The van der Waals surface area contributed by atoms with Gasteiger partial charge in [0.2, 0.25) is 5.13 Å². The number of aromatic hydroxyl groups is 1.